The van der Waals surface area contributed by atoms with Gasteiger partial charge in [-0.15, -0.1) is 0 Å². The standard InChI is InChI=1S/C16H22ClN3/c1-4-10-18-11-9-14-12(2)19-20(13(14)3)16-8-6-5-7-15(16)17/h5-8,18H,4,9-11H2,1-3H3. The third-order valence-electron chi connectivity index (χ3n) is 3.50. The van der Waals surface area contributed by atoms with E-state index in [4.69, 9.17) is 11.6 Å². The number of nitrogens with one attached hydrogen (secondary N) is 1. The van der Waals surface area contributed by atoms with Crippen molar-refractivity contribution in [2.24, 2.45) is 0 Å². The van der Waals surface area contributed by atoms with E-state index in [1.165, 1.54) is 11.3 Å². The van der Waals surface area contributed by atoms with E-state index >= 15 is 0 Å². The molecule has 20 heavy (non-hydrogen) atoms. The summed E-state index contributed by atoms with van der Waals surface area (Å²) in [6.45, 7) is 8.41. The van der Waals surface area contributed by atoms with Crippen LogP contribution in [-0.4, -0.2) is 22.9 Å². The second kappa shape index (κ2) is 6.91. The normalized spacial score (nSPS) is 11.0. The summed E-state index contributed by atoms with van der Waals surface area (Å²) in [5, 5.41) is 8.81. The van der Waals surface area contributed by atoms with Crippen molar-refractivity contribution in [3.05, 3.63) is 46.2 Å². The lowest BCUT2D eigenvalue weighted by molar-refractivity contribution is 0.669. The highest BCUT2D eigenvalue weighted by Gasteiger charge is 2.13. The minimum absolute atomic E-state index is 0.730. The van der Waals surface area contributed by atoms with Crippen molar-refractivity contribution in [1.29, 1.82) is 0 Å². The van der Waals surface area contributed by atoms with Crippen LogP contribution in [0.1, 0.15) is 30.3 Å². The summed E-state index contributed by atoms with van der Waals surface area (Å²) < 4.78 is 1.95. The van der Waals surface area contributed by atoms with E-state index in [0.717, 1.165) is 42.3 Å². The molecule has 0 fully saturated rings. The average molecular weight is 292 g/mol. The summed E-state index contributed by atoms with van der Waals surface area (Å²) in [5.41, 5.74) is 4.52. The van der Waals surface area contributed by atoms with Crippen LogP contribution in [0.4, 0.5) is 0 Å². The molecule has 1 aromatic heterocycles. The van der Waals surface area contributed by atoms with Gasteiger partial charge in [-0.05, 0) is 57.5 Å². The fraction of sp³-hybridized carbons (Fsp3) is 0.438. The molecule has 0 aliphatic heterocycles. The molecule has 2 rings (SSSR count). The fourth-order valence-electron chi connectivity index (χ4n) is 2.41. The first kappa shape index (κ1) is 15.1. The molecule has 2 aromatic rings. The van der Waals surface area contributed by atoms with E-state index in [-0.39, 0.29) is 0 Å². The molecule has 1 aromatic carbocycles. The average Bonchev–Trinajstić information content (AvgIpc) is 2.71. The van der Waals surface area contributed by atoms with E-state index in [1.807, 2.05) is 28.9 Å². The molecular formula is C16H22ClN3. The molecule has 108 valence electrons. The lowest BCUT2D eigenvalue weighted by atomic mass is 10.1. The zero-order valence-corrected chi connectivity index (χ0v) is 13.2. The predicted molar refractivity (Wildman–Crippen MR) is 84.9 cm³/mol. The highest BCUT2D eigenvalue weighted by molar-refractivity contribution is 6.32. The third-order valence-corrected chi connectivity index (χ3v) is 3.82. The van der Waals surface area contributed by atoms with Crippen molar-refractivity contribution >= 4 is 11.6 Å². The van der Waals surface area contributed by atoms with Gasteiger partial charge in [-0.1, -0.05) is 30.7 Å². The fourth-order valence-corrected chi connectivity index (χ4v) is 2.63. The Morgan fingerprint density at radius 2 is 1.95 bits per heavy atom. The van der Waals surface area contributed by atoms with Crippen LogP contribution in [0.3, 0.4) is 0 Å². The molecule has 0 unspecified atom stereocenters. The Balaban J connectivity index is 2.23. The molecule has 1 heterocycles. The van der Waals surface area contributed by atoms with Crippen LogP contribution in [0.15, 0.2) is 24.3 Å². The SMILES string of the molecule is CCCNCCc1c(C)nn(-c2ccccc2Cl)c1C. The van der Waals surface area contributed by atoms with Crippen LogP contribution in [0.2, 0.25) is 5.02 Å². The quantitative estimate of drug-likeness (QED) is 0.823. The molecular weight excluding hydrogens is 270 g/mol. The maximum absolute atomic E-state index is 6.26. The number of halogens is 1. The maximum Gasteiger partial charge on any atom is 0.0835 e. The number of nitrogens with zero attached hydrogens (tertiary/aromatic N) is 2. The number of aromatic nitrogens is 2. The van der Waals surface area contributed by atoms with Gasteiger partial charge in [0.2, 0.25) is 0 Å². The van der Waals surface area contributed by atoms with Gasteiger partial charge in [0.15, 0.2) is 0 Å². The molecule has 0 saturated carbocycles. The highest BCUT2D eigenvalue weighted by atomic mass is 35.5. The van der Waals surface area contributed by atoms with Gasteiger partial charge in [0.05, 0.1) is 16.4 Å². The lowest BCUT2D eigenvalue weighted by Crippen LogP contribution is -2.18. The topological polar surface area (TPSA) is 29.9 Å². The zero-order chi connectivity index (χ0) is 14.5. The number of hydrogen-bond donors (Lipinski definition) is 1. The van der Waals surface area contributed by atoms with Gasteiger partial charge >= 0.3 is 0 Å². The van der Waals surface area contributed by atoms with Crippen molar-refractivity contribution in [3.63, 3.8) is 0 Å². The Morgan fingerprint density at radius 3 is 2.65 bits per heavy atom. The van der Waals surface area contributed by atoms with E-state index in [2.05, 4.69) is 31.2 Å². The second-order valence-electron chi connectivity index (χ2n) is 5.01. The highest BCUT2D eigenvalue weighted by Crippen LogP contribution is 2.23. The van der Waals surface area contributed by atoms with Crippen LogP contribution < -0.4 is 5.32 Å². The molecule has 0 aliphatic carbocycles. The Morgan fingerprint density at radius 1 is 1.20 bits per heavy atom. The molecule has 0 radical (unpaired) electrons. The van der Waals surface area contributed by atoms with Crippen molar-refractivity contribution in [2.45, 2.75) is 33.6 Å². The smallest absolute Gasteiger partial charge is 0.0835 e. The van der Waals surface area contributed by atoms with Gasteiger partial charge in [-0.3, -0.25) is 0 Å². The second-order valence-corrected chi connectivity index (χ2v) is 5.42. The molecule has 3 nitrogen and oxygen atoms in total. The Bertz CT molecular complexity index is 575. The molecule has 0 saturated heterocycles. The number of aryl methyl sites for hydroxylation is 1. The van der Waals surface area contributed by atoms with Crippen molar-refractivity contribution < 1.29 is 0 Å². The summed E-state index contributed by atoms with van der Waals surface area (Å²) in [5.74, 6) is 0. The molecule has 0 bridgehead atoms. The van der Waals surface area contributed by atoms with Crippen LogP contribution in [0.5, 0.6) is 0 Å². The van der Waals surface area contributed by atoms with E-state index < -0.39 is 0 Å². The van der Waals surface area contributed by atoms with Gasteiger partial charge in [-0.2, -0.15) is 5.10 Å². The first-order valence-corrected chi connectivity index (χ1v) is 7.53. The predicted octanol–water partition coefficient (Wildman–Crippen LogP) is 3.68. The first-order chi connectivity index (χ1) is 9.65. The molecule has 0 amide bonds. The Kier molecular flexibility index (Phi) is 5.21. The summed E-state index contributed by atoms with van der Waals surface area (Å²) >= 11 is 6.26. The van der Waals surface area contributed by atoms with E-state index in [0.29, 0.717) is 0 Å². The zero-order valence-electron chi connectivity index (χ0n) is 12.4. The van der Waals surface area contributed by atoms with Crippen molar-refractivity contribution in [3.8, 4) is 5.69 Å². The summed E-state index contributed by atoms with van der Waals surface area (Å²) in [4.78, 5) is 0. The third kappa shape index (κ3) is 3.22. The van der Waals surface area contributed by atoms with Gasteiger partial charge in [-0.25, -0.2) is 4.68 Å². The maximum atomic E-state index is 6.26. The number of benzene rings is 1. The van der Waals surface area contributed by atoms with Gasteiger partial charge in [0.25, 0.3) is 0 Å². The summed E-state index contributed by atoms with van der Waals surface area (Å²) in [6.07, 6.45) is 2.17. The lowest BCUT2D eigenvalue weighted by Gasteiger charge is -2.07. The van der Waals surface area contributed by atoms with Crippen LogP contribution >= 0.6 is 11.6 Å². The number of hydrogen-bond acceptors (Lipinski definition) is 2. The Hall–Kier alpha value is -1.32. The molecule has 0 atom stereocenters. The van der Waals surface area contributed by atoms with Crippen LogP contribution in [-0.2, 0) is 6.42 Å². The summed E-state index contributed by atoms with van der Waals surface area (Å²) in [7, 11) is 0. The van der Waals surface area contributed by atoms with Crippen LogP contribution in [0.25, 0.3) is 5.69 Å². The monoisotopic (exact) mass is 291 g/mol. The van der Waals surface area contributed by atoms with Gasteiger partial charge < -0.3 is 5.32 Å². The van der Waals surface area contributed by atoms with Crippen LogP contribution in [0, 0.1) is 13.8 Å². The van der Waals surface area contributed by atoms with Crippen molar-refractivity contribution in [1.82, 2.24) is 15.1 Å². The Labute approximate surface area is 126 Å². The van der Waals surface area contributed by atoms with Gasteiger partial charge in [0, 0.05) is 5.69 Å². The van der Waals surface area contributed by atoms with Crippen molar-refractivity contribution in [2.75, 3.05) is 13.1 Å². The minimum Gasteiger partial charge on any atom is -0.316 e. The van der Waals surface area contributed by atoms with E-state index in [1.54, 1.807) is 0 Å². The molecule has 4 heteroatoms. The minimum atomic E-state index is 0.730. The largest absolute Gasteiger partial charge is 0.316 e. The summed E-state index contributed by atoms with van der Waals surface area (Å²) in [6, 6.07) is 7.82. The number of rotatable bonds is 6. The molecule has 0 spiro atoms. The van der Waals surface area contributed by atoms with Gasteiger partial charge in [0.1, 0.15) is 0 Å². The first-order valence-electron chi connectivity index (χ1n) is 7.15. The van der Waals surface area contributed by atoms with E-state index in [9.17, 15) is 0 Å². The molecule has 1 N–H and O–H groups in total. The molecule has 0 aliphatic rings. The number of para-hydroxylation sites is 1.